The molecule has 94 valence electrons. The molecular formula is C14H11N3O2. The van der Waals surface area contributed by atoms with Crippen LogP contribution in [0.15, 0.2) is 42.7 Å². The van der Waals surface area contributed by atoms with Gasteiger partial charge in [0.1, 0.15) is 5.82 Å². The van der Waals surface area contributed by atoms with Gasteiger partial charge in [-0.3, -0.25) is 0 Å². The van der Waals surface area contributed by atoms with Crippen LogP contribution < -0.4 is 0 Å². The minimum Gasteiger partial charge on any atom is -0.478 e. The molecule has 5 nitrogen and oxygen atoms in total. The van der Waals surface area contributed by atoms with Gasteiger partial charge in [-0.15, -0.1) is 0 Å². The highest BCUT2D eigenvalue weighted by atomic mass is 16.4. The lowest BCUT2D eigenvalue weighted by molar-refractivity contribution is -0.131. The number of benzene rings is 1. The van der Waals surface area contributed by atoms with Crippen molar-refractivity contribution in [3.63, 3.8) is 0 Å². The average Bonchev–Trinajstić information content (AvgIpc) is 3.02. The minimum atomic E-state index is -0.995. The molecule has 0 aliphatic carbocycles. The number of hydrogen-bond donors (Lipinski definition) is 3. The first-order valence-corrected chi connectivity index (χ1v) is 5.76. The van der Waals surface area contributed by atoms with Gasteiger partial charge in [-0.25, -0.2) is 9.78 Å². The molecule has 0 fully saturated rings. The van der Waals surface area contributed by atoms with Crippen LogP contribution in [0.1, 0.15) is 5.82 Å². The average molecular weight is 253 g/mol. The van der Waals surface area contributed by atoms with Gasteiger partial charge in [0.25, 0.3) is 0 Å². The summed E-state index contributed by atoms with van der Waals surface area (Å²) < 4.78 is 0. The Morgan fingerprint density at radius 1 is 1.32 bits per heavy atom. The summed E-state index contributed by atoms with van der Waals surface area (Å²) in [5, 5.41) is 9.67. The number of aromatic nitrogens is 3. The number of aromatic amines is 2. The number of aliphatic carboxylic acids is 1. The zero-order valence-electron chi connectivity index (χ0n) is 9.92. The van der Waals surface area contributed by atoms with Crippen molar-refractivity contribution in [3.8, 4) is 11.3 Å². The summed E-state index contributed by atoms with van der Waals surface area (Å²) in [6.45, 7) is 0. The standard InChI is InChI=1S/C14H11N3O2/c18-14(19)6-5-13-16-8-12(17-13)10-7-15-11-4-2-1-3-9(10)11/h1-8,15H,(H,16,17)(H,18,19)/b6-5+. The highest BCUT2D eigenvalue weighted by molar-refractivity contribution is 5.94. The van der Waals surface area contributed by atoms with Crippen LogP contribution in [0.3, 0.4) is 0 Å². The maximum absolute atomic E-state index is 10.4. The molecule has 0 bridgehead atoms. The molecular weight excluding hydrogens is 242 g/mol. The lowest BCUT2D eigenvalue weighted by Gasteiger charge is -1.94. The first-order valence-electron chi connectivity index (χ1n) is 5.76. The molecule has 0 atom stereocenters. The second-order valence-electron chi connectivity index (χ2n) is 4.10. The smallest absolute Gasteiger partial charge is 0.328 e. The molecule has 5 heteroatoms. The van der Waals surface area contributed by atoms with Gasteiger partial charge in [-0.2, -0.15) is 0 Å². The van der Waals surface area contributed by atoms with Crippen LogP contribution in [0.25, 0.3) is 28.2 Å². The van der Waals surface area contributed by atoms with Crippen molar-refractivity contribution < 1.29 is 9.90 Å². The maximum Gasteiger partial charge on any atom is 0.328 e. The van der Waals surface area contributed by atoms with E-state index >= 15 is 0 Å². The van der Waals surface area contributed by atoms with Crippen molar-refractivity contribution in [2.45, 2.75) is 0 Å². The Morgan fingerprint density at radius 3 is 3.00 bits per heavy atom. The normalized spacial score (nSPS) is 11.4. The summed E-state index contributed by atoms with van der Waals surface area (Å²) in [5.74, 6) is -0.479. The van der Waals surface area contributed by atoms with Gasteiger partial charge in [-0.05, 0) is 12.1 Å². The molecule has 19 heavy (non-hydrogen) atoms. The molecule has 2 aromatic heterocycles. The van der Waals surface area contributed by atoms with Crippen molar-refractivity contribution in [2.24, 2.45) is 0 Å². The number of nitrogens with zero attached hydrogens (tertiary/aromatic N) is 1. The van der Waals surface area contributed by atoms with Crippen molar-refractivity contribution in [1.29, 1.82) is 0 Å². The van der Waals surface area contributed by atoms with E-state index in [0.29, 0.717) is 5.82 Å². The number of carboxylic acid groups (broad SMARTS) is 1. The fourth-order valence-corrected chi connectivity index (χ4v) is 2.00. The number of rotatable bonds is 3. The highest BCUT2D eigenvalue weighted by Crippen LogP contribution is 2.27. The number of hydrogen-bond acceptors (Lipinski definition) is 2. The van der Waals surface area contributed by atoms with E-state index in [-0.39, 0.29) is 0 Å². The molecule has 3 N–H and O–H groups in total. The van der Waals surface area contributed by atoms with Gasteiger partial charge >= 0.3 is 5.97 Å². The van der Waals surface area contributed by atoms with Gasteiger partial charge < -0.3 is 15.1 Å². The Labute approximate surface area is 108 Å². The number of para-hydroxylation sites is 1. The second kappa shape index (κ2) is 4.45. The zero-order valence-corrected chi connectivity index (χ0v) is 9.92. The van der Waals surface area contributed by atoms with E-state index in [0.717, 1.165) is 28.2 Å². The summed E-state index contributed by atoms with van der Waals surface area (Å²) >= 11 is 0. The van der Waals surface area contributed by atoms with E-state index in [9.17, 15) is 4.79 Å². The van der Waals surface area contributed by atoms with Crippen LogP contribution >= 0.6 is 0 Å². The monoisotopic (exact) mass is 253 g/mol. The lowest BCUT2D eigenvalue weighted by atomic mass is 10.1. The fraction of sp³-hybridized carbons (Fsp3) is 0. The van der Waals surface area contributed by atoms with Gasteiger partial charge in [0.2, 0.25) is 0 Å². The van der Waals surface area contributed by atoms with Crippen molar-refractivity contribution in [1.82, 2.24) is 15.0 Å². The van der Waals surface area contributed by atoms with Crippen LogP contribution in [0.2, 0.25) is 0 Å². The third-order valence-corrected chi connectivity index (χ3v) is 2.86. The SMILES string of the molecule is O=C(O)/C=C/c1ncc(-c2c[nH]c3ccccc23)[nH]1. The van der Waals surface area contributed by atoms with Crippen LogP contribution in [0.5, 0.6) is 0 Å². The molecule has 0 spiro atoms. The Morgan fingerprint density at radius 2 is 2.16 bits per heavy atom. The summed E-state index contributed by atoms with van der Waals surface area (Å²) in [7, 11) is 0. The van der Waals surface area contributed by atoms with Gasteiger partial charge in [0.15, 0.2) is 0 Å². The number of fused-ring (bicyclic) bond motifs is 1. The predicted molar refractivity (Wildman–Crippen MR) is 72.6 cm³/mol. The minimum absolute atomic E-state index is 0.516. The van der Waals surface area contributed by atoms with Crippen LogP contribution in [0, 0.1) is 0 Å². The Hall–Kier alpha value is -2.82. The van der Waals surface area contributed by atoms with E-state index in [1.165, 1.54) is 6.08 Å². The molecule has 2 heterocycles. The number of nitrogens with one attached hydrogen (secondary N) is 2. The lowest BCUT2D eigenvalue weighted by Crippen LogP contribution is -1.86. The van der Waals surface area contributed by atoms with E-state index in [2.05, 4.69) is 15.0 Å². The summed E-state index contributed by atoms with van der Waals surface area (Å²) in [4.78, 5) is 20.8. The Balaban J connectivity index is 2.01. The first-order chi connectivity index (χ1) is 9.24. The van der Waals surface area contributed by atoms with Crippen LogP contribution in [-0.2, 0) is 4.79 Å². The first kappa shape index (κ1) is 11.3. The van der Waals surface area contributed by atoms with E-state index in [1.807, 2.05) is 30.5 Å². The molecule has 0 amide bonds. The van der Waals surface area contributed by atoms with Crippen molar-refractivity contribution >= 4 is 22.9 Å². The van der Waals surface area contributed by atoms with E-state index < -0.39 is 5.97 Å². The van der Waals surface area contributed by atoms with Gasteiger partial charge in [-0.1, -0.05) is 18.2 Å². The molecule has 0 unspecified atom stereocenters. The molecule has 0 radical (unpaired) electrons. The van der Waals surface area contributed by atoms with E-state index in [1.54, 1.807) is 6.20 Å². The summed E-state index contributed by atoms with van der Waals surface area (Å²) in [5.41, 5.74) is 2.91. The Kier molecular flexibility index (Phi) is 2.64. The fourth-order valence-electron chi connectivity index (χ4n) is 2.00. The molecule has 3 rings (SSSR count). The molecule has 0 saturated carbocycles. The topological polar surface area (TPSA) is 81.8 Å². The molecule has 0 saturated heterocycles. The third kappa shape index (κ3) is 2.13. The van der Waals surface area contributed by atoms with Gasteiger partial charge in [0, 0.05) is 28.7 Å². The van der Waals surface area contributed by atoms with E-state index in [4.69, 9.17) is 5.11 Å². The number of carbonyl (C=O) groups is 1. The predicted octanol–water partition coefficient (Wildman–Crippen LogP) is 2.66. The third-order valence-electron chi connectivity index (χ3n) is 2.86. The molecule has 0 aliphatic rings. The number of carboxylic acids is 1. The molecule has 0 aliphatic heterocycles. The second-order valence-corrected chi connectivity index (χ2v) is 4.10. The maximum atomic E-state index is 10.4. The zero-order chi connectivity index (χ0) is 13.2. The highest BCUT2D eigenvalue weighted by Gasteiger charge is 2.07. The van der Waals surface area contributed by atoms with Crippen molar-refractivity contribution in [3.05, 3.63) is 48.6 Å². The van der Waals surface area contributed by atoms with Crippen LogP contribution in [-0.4, -0.2) is 26.0 Å². The molecule has 3 aromatic rings. The number of H-pyrrole nitrogens is 2. The van der Waals surface area contributed by atoms with Crippen LogP contribution in [0.4, 0.5) is 0 Å². The van der Waals surface area contributed by atoms with Crippen molar-refractivity contribution in [2.75, 3.05) is 0 Å². The largest absolute Gasteiger partial charge is 0.478 e. The number of imidazole rings is 1. The molecule has 1 aromatic carbocycles. The quantitative estimate of drug-likeness (QED) is 0.627. The summed E-state index contributed by atoms with van der Waals surface area (Å²) in [6, 6.07) is 7.97. The summed E-state index contributed by atoms with van der Waals surface area (Å²) in [6.07, 6.45) is 6.08. The Bertz CT molecular complexity index is 768. The van der Waals surface area contributed by atoms with Gasteiger partial charge in [0.05, 0.1) is 11.9 Å².